The fraction of sp³-hybridized carbons (Fsp3) is 0.0952. The number of ether oxygens (including phenoxy) is 2. The molecule has 4 aromatic rings. The van der Waals surface area contributed by atoms with E-state index in [9.17, 15) is 4.21 Å². The van der Waals surface area contributed by atoms with Gasteiger partial charge in [-0.15, -0.1) is 4.90 Å². The maximum absolute atomic E-state index is 11.2. The van der Waals surface area contributed by atoms with Gasteiger partial charge in [0.05, 0.1) is 24.5 Å². The van der Waals surface area contributed by atoms with Crippen LogP contribution < -0.4 is 14.8 Å². The summed E-state index contributed by atoms with van der Waals surface area (Å²) in [6.45, 7) is 0.290. The van der Waals surface area contributed by atoms with Gasteiger partial charge in [0.25, 0.3) is 0 Å². The first-order valence-corrected chi connectivity index (χ1v) is 10.1. The molecule has 0 atom stereocenters. The highest BCUT2D eigenvalue weighted by molar-refractivity contribution is 7.73. The molecule has 0 aliphatic carbocycles. The molecule has 0 radical (unpaired) electrons. The third-order valence-electron chi connectivity index (χ3n) is 4.38. The molecule has 8 nitrogen and oxygen atoms in total. The van der Waals surface area contributed by atoms with Gasteiger partial charge in [0.15, 0.2) is 11.5 Å². The number of pyridine rings is 1. The largest absolute Gasteiger partial charge is 0.493 e. The zero-order valence-corrected chi connectivity index (χ0v) is 16.8. The lowest BCUT2D eigenvalue weighted by Gasteiger charge is -2.14. The van der Waals surface area contributed by atoms with Gasteiger partial charge in [-0.2, -0.15) is 10.6 Å². The lowest BCUT2D eigenvalue weighted by atomic mass is 10.2. The van der Waals surface area contributed by atoms with Crippen molar-refractivity contribution in [2.75, 3.05) is 12.4 Å². The first kappa shape index (κ1) is 19.6. The summed E-state index contributed by atoms with van der Waals surface area (Å²) < 4.78 is 29.9. The molecule has 2 aromatic heterocycles. The number of anilines is 2. The molecule has 2 heterocycles. The molecule has 0 spiro atoms. The Kier molecular flexibility index (Phi) is 5.71. The summed E-state index contributed by atoms with van der Waals surface area (Å²) in [6.07, 6.45) is 4.90. The summed E-state index contributed by atoms with van der Waals surface area (Å²) in [5.41, 5.74) is 2.40. The van der Waals surface area contributed by atoms with E-state index in [-0.39, 0.29) is 0 Å². The summed E-state index contributed by atoms with van der Waals surface area (Å²) in [5, 5.41) is 4.02. The minimum atomic E-state index is -1.75. The molecule has 0 amide bonds. The van der Waals surface area contributed by atoms with Crippen LogP contribution in [0, 0.1) is 4.78 Å². The topological polar surface area (TPSA) is 110 Å². The lowest BCUT2D eigenvalue weighted by Crippen LogP contribution is -2.00. The van der Waals surface area contributed by atoms with Crippen molar-refractivity contribution in [3.05, 3.63) is 72.8 Å². The Morgan fingerprint density at radius 3 is 2.63 bits per heavy atom. The molecule has 0 fully saturated rings. The maximum atomic E-state index is 11.2. The number of nitrogens with one attached hydrogen (secondary N) is 2. The molecule has 0 saturated heterocycles. The average molecular weight is 420 g/mol. The molecule has 152 valence electrons. The van der Waals surface area contributed by atoms with E-state index in [4.69, 9.17) is 14.3 Å². The minimum Gasteiger partial charge on any atom is -0.493 e. The third-order valence-corrected chi connectivity index (χ3v) is 5.08. The number of aromatic nitrogens is 3. The smallest absolute Gasteiger partial charge is 0.163 e. The zero-order chi connectivity index (χ0) is 20.9. The van der Waals surface area contributed by atoms with Crippen LogP contribution in [0.5, 0.6) is 11.5 Å². The van der Waals surface area contributed by atoms with E-state index in [1.807, 2.05) is 18.2 Å². The van der Waals surface area contributed by atoms with Crippen LogP contribution >= 0.6 is 0 Å². The summed E-state index contributed by atoms with van der Waals surface area (Å²) in [5.74, 6) is 1.73. The van der Waals surface area contributed by atoms with E-state index in [0.717, 1.165) is 16.6 Å². The van der Waals surface area contributed by atoms with Gasteiger partial charge >= 0.3 is 0 Å². The predicted molar refractivity (Wildman–Crippen MR) is 113 cm³/mol. The van der Waals surface area contributed by atoms with Crippen LogP contribution in [0.2, 0.25) is 0 Å². The second-order valence-electron chi connectivity index (χ2n) is 6.31. The van der Waals surface area contributed by atoms with Crippen LogP contribution in [0.3, 0.4) is 0 Å². The maximum Gasteiger partial charge on any atom is 0.163 e. The van der Waals surface area contributed by atoms with E-state index in [2.05, 4.69) is 20.3 Å². The van der Waals surface area contributed by atoms with Gasteiger partial charge in [-0.05, 0) is 23.8 Å². The van der Waals surface area contributed by atoms with Crippen molar-refractivity contribution in [3.8, 4) is 11.5 Å². The fourth-order valence-corrected chi connectivity index (χ4v) is 3.26. The Morgan fingerprint density at radius 2 is 1.93 bits per heavy atom. The second-order valence-corrected chi connectivity index (χ2v) is 7.32. The molecule has 30 heavy (non-hydrogen) atoms. The molecule has 2 N–H and O–H groups in total. The lowest BCUT2D eigenvalue weighted by molar-refractivity contribution is 0.285. The summed E-state index contributed by atoms with van der Waals surface area (Å²) in [4.78, 5) is 13.2. The van der Waals surface area contributed by atoms with Gasteiger partial charge in [0.2, 0.25) is 0 Å². The van der Waals surface area contributed by atoms with Crippen molar-refractivity contribution < 1.29 is 13.7 Å². The molecule has 9 heteroatoms. The normalized spacial score (nSPS) is 10.9. The van der Waals surface area contributed by atoms with Gasteiger partial charge in [-0.25, -0.2) is 9.97 Å². The molecule has 0 unspecified atom stereocenters. The molecule has 0 bridgehead atoms. The third kappa shape index (κ3) is 4.31. The van der Waals surface area contributed by atoms with E-state index < -0.39 is 10.6 Å². The molecule has 4 rings (SSSR count). The summed E-state index contributed by atoms with van der Waals surface area (Å²) in [6, 6.07) is 14.3. The van der Waals surface area contributed by atoms with Gasteiger partial charge in [0.1, 0.15) is 18.8 Å². The van der Waals surface area contributed by atoms with Crippen molar-refractivity contribution in [2.45, 2.75) is 11.5 Å². The van der Waals surface area contributed by atoms with Crippen LogP contribution in [0.25, 0.3) is 10.9 Å². The van der Waals surface area contributed by atoms with Gasteiger partial charge < -0.3 is 23.8 Å². The Balaban J connectivity index is 1.61. The van der Waals surface area contributed by atoms with Gasteiger partial charge in [0, 0.05) is 17.6 Å². The van der Waals surface area contributed by atoms with Crippen molar-refractivity contribution in [1.82, 2.24) is 15.0 Å². The number of nitrogens with zero attached hydrogens (tertiary/aromatic N) is 3. The highest BCUT2D eigenvalue weighted by Crippen LogP contribution is 2.35. The predicted octanol–water partition coefficient (Wildman–Crippen LogP) is 4.44. The van der Waals surface area contributed by atoms with Crippen LogP contribution in [-0.4, -0.2) is 22.1 Å². The standard InChI is InChI=1S/C21H18N5O3S/c1-28-19-9-17-18(24-13-25-21(17)26-15-3-2-8-23-11-15)10-20(19)29-12-14-4-6-16(7-5-14)30(22)27/h2-11,13,22H,12H2,1H3,(H,24,25,26)/q-1. The summed E-state index contributed by atoms with van der Waals surface area (Å²) >= 11 is 0. The van der Waals surface area contributed by atoms with Crippen molar-refractivity contribution >= 4 is 33.0 Å². The van der Waals surface area contributed by atoms with E-state index in [1.54, 1.807) is 49.8 Å². The van der Waals surface area contributed by atoms with E-state index in [0.29, 0.717) is 34.3 Å². The number of fused-ring (bicyclic) bond motifs is 1. The van der Waals surface area contributed by atoms with E-state index in [1.165, 1.54) is 6.33 Å². The molecular weight excluding hydrogens is 402 g/mol. The Bertz CT molecular complexity index is 1240. The van der Waals surface area contributed by atoms with Crippen LogP contribution in [-0.2, 0) is 21.4 Å². The Morgan fingerprint density at radius 1 is 1.10 bits per heavy atom. The van der Waals surface area contributed by atoms with Gasteiger partial charge in [-0.1, -0.05) is 24.3 Å². The van der Waals surface area contributed by atoms with Crippen molar-refractivity contribution in [2.24, 2.45) is 0 Å². The highest BCUT2D eigenvalue weighted by atomic mass is 32.2. The first-order chi connectivity index (χ1) is 14.6. The van der Waals surface area contributed by atoms with Gasteiger partial charge in [-0.3, -0.25) is 4.98 Å². The molecule has 0 saturated carbocycles. The molecule has 0 aliphatic heterocycles. The first-order valence-electron chi connectivity index (χ1n) is 8.98. The van der Waals surface area contributed by atoms with Crippen molar-refractivity contribution in [3.63, 3.8) is 0 Å². The van der Waals surface area contributed by atoms with Crippen LogP contribution in [0.15, 0.2) is 72.1 Å². The Labute approximate surface area is 174 Å². The monoisotopic (exact) mass is 420 g/mol. The Hall–Kier alpha value is -3.72. The highest BCUT2D eigenvalue weighted by Gasteiger charge is 2.12. The zero-order valence-electron chi connectivity index (χ0n) is 16.0. The second kappa shape index (κ2) is 8.75. The van der Waals surface area contributed by atoms with E-state index >= 15 is 0 Å². The minimum absolute atomic E-state index is 0.290. The van der Waals surface area contributed by atoms with Crippen LogP contribution in [0.4, 0.5) is 11.5 Å². The molecular formula is C21H18N5O3S-. The average Bonchev–Trinajstić information content (AvgIpc) is 2.78. The SMILES string of the molecule is COc1cc2c(Nc3cccnc3)ncnc2cc1OCc1ccc([S-](=N)=O)cc1. The molecule has 2 aromatic carbocycles. The van der Waals surface area contributed by atoms with Crippen LogP contribution in [0.1, 0.15) is 5.56 Å². The van der Waals surface area contributed by atoms with Crippen molar-refractivity contribution in [1.29, 1.82) is 4.78 Å². The number of rotatable bonds is 7. The molecule has 0 aliphatic rings. The number of benzene rings is 2. The quantitative estimate of drug-likeness (QED) is 0.425. The number of methoxy groups -OCH3 is 1. The number of hydrogen-bond donors (Lipinski definition) is 2. The number of hydrogen-bond acceptors (Lipinski definition) is 9. The summed E-state index contributed by atoms with van der Waals surface area (Å²) in [7, 11) is -0.176. The fourth-order valence-electron chi connectivity index (χ4n) is 2.88.